The average molecular weight is 487 g/mol. The quantitative estimate of drug-likeness (QED) is 0.458. The summed E-state index contributed by atoms with van der Waals surface area (Å²) in [5.74, 6) is 1.36. The lowest BCUT2D eigenvalue weighted by molar-refractivity contribution is -0.118. The SMILES string of the molecule is Cc1cc(Cl)ccc1OC1CCN(CC2CCN([C@](C)(C=O)Cc3ccc(F)cc3)CC2)CC1. The highest BCUT2D eigenvalue weighted by Crippen LogP contribution is 2.29. The van der Waals surface area contributed by atoms with Crippen LogP contribution < -0.4 is 4.74 Å². The van der Waals surface area contributed by atoms with E-state index >= 15 is 0 Å². The Kier molecular flexibility index (Phi) is 8.28. The summed E-state index contributed by atoms with van der Waals surface area (Å²) < 4.78 is 19.5. The van der Waals surface area contributed by atoms with E-state index in [9.17, 15) is 9.18 Å². The molecule has 0 amide bonds. The number of benzene rings is 2. The van der Waals surface area contributed by atoms with Crippen LogP contribution in [0.2, 0.25) is 5.02 Å². The molecule has 2 heterocycles. The molecule has 2 aliphatic heterocycles. The van der Waals surface area contributed by atoms with E-state index in [1.807, 2.05) is 32.0 Å². The van der Waals surface area contributed by atoms with Crippen LogP contribution in [0, 0.1) is 18.7 Å². The van der Waals surface area contributed by atoms with Crippen LogP contribution in [0.15, 0.2) is 42.5 Å². The Morgan fingerprint density at radius 3 is 2.35 bits per heavy atom. The van der Waals surface area contributed by atoms with Crippen molar-refractivity contribution in [2.45, 2.75) is 57.6 Å². The molecular formula is C28H36ClFN2O2. The molecule has 0 bridgehead atoms. The molecule has 2 aliphatic rings. The summed E-state index contributed by atoms with van der Waals surface area (Å²) in [7, 11) is 0. The third-order valence-electron chi connectivity index (χ3n) is 7.55. The van der Waals surface area contributed by atoms with Gasteiger partial charge in [0.25, 0.3) is 0 Å². The fourth-order valence-corrected chi connectivity index (χ4v) is 5.60. The normalized spacial score (nSPS) is 20.7. The zero-order valence-electron chi connectivity index (χ0n) is 20.3. The van der Waals surface area contributed by atoms with Gasteiger partial charge in [-0.1, -0.05) is 23.7 Å². The highest BCUT2D eigenvalue weighted by molar-refractivity contribution is 6.30. The van der Waals surface area contributed by atoms with Gasteiger partial charge in [0, 0.05) is 24.7 Å². The number of rotatable bonds is 8. The molecule has 0 spiro atoms. The van der Waals surface area contributed by atoms with Crippen LogP contribution in [0.1, 0.15) is 43.7 Å². The van der Waals surface area contributed by atoms with E-state index in [0.717, 1.165) is 86.6 Å². The van der Waals surface area contributed by atoms with Crippen LogP contribution in [0.4, 0.5) is 4.39 Å². The molecule has 34 heavy (non-hydrogen) atoms. The molecule has 0 aromatic heterocycles. The largest absolute Gasteiger partial charge is 0.490 e. The minimum atomic E-state index is -0.543. The van der Waals surface area contributed by atoms with E-state index < -0.39 is 5.54 Å². The topological polar surface area (TPSA) is 32.8 Å². The molecule has 0 radical (unpaired) electrons. The first kappa shape index (κ1) is 25.2. The Labute approximate surface area is 208 Å². The molecule has 2 saturated heterocycles. The van der Waals surface area contributed by atoms with Crippen molar-refractivity contribution >= 4 is 17.9 Å². The Morgan fingerprint density at radius 1 is 1.06 bits per heavy atom. The smallest absolute Gasteiger partial charge is 0.140 e. The van der Waals surface area contributed by atoms with Crippen LogP contribution in [0.3, 0.4) is 0 Å². The highest BCUT2D eigenvalue weighted by atomic mass is 35.5. The zero-order valence-corrected chi connectivity index (χ0v) is 21.1. The summed E-state index contributed by atoms with van der Waals surface area (Å²) in [6.07, 6.45) is 6.24. The number of carbonyl (C=O) groups is 1. The Morgan fingerprint density at radius 2 is 1.74 bits per heavy atom. The maximum atomic E-state index is 13.2. The van der Waals surface area contributed by atoms with Crippen molar-refractivity contribution in [3.63, 3.8) is 0 Å². The van der Waals surface area contributed by atoms with Gasteiger partial charge in [-0.05, 0) is 106 Å². The number of hydrogen-bond donors (Lipinski definition) is 0. The number of aldehydes is 1. The number of halogens is 2. The van der Waals surface area contributed by atoms with E-state index in [4.69, 9.17) is 16.3 Å². The molecule has 2 aromatic rings. The lowest BCUT2D eigenvalue weighted by Gasteiger charge is -2.43. The molecule has 0 saturated carbocycles. The summed E-state index contributed by atoms with van der Waals surface area (Å²) in [6, 6.07) is 12.3. The van der Waals surface area contributed by atoms with Gasteiger partial charge in [0.2, 0.25) is 0 Å². The Balaban J connectivity index is 1.22. The number of likely N-dealkylation sites (tertiary alicyclic amines) is 2. The molecule has 0 N–H and O–H groups in total. The van der Waals surface area contributed by atoms with E-state index in [0.29, 0.717) is 12.3 Å². The predicted molar refractivity (Wildman–Crippen MR) is 135 cm³/mol. The third kappa shape index (κ3) is 6.38. The lowest BCUT2D eigenvalue weighted by Crippen LogP contribution is -2.53. The van der Waals surface area contributed by atoms with Crippen LogP contribution >= 0.6 is 11.6 Å². The van der Waals surface area contributed by atoms with Gasteiger partial charge < -0.3 is 14.4 Å². The standard InChI is InChI=1S/C28H36ClFN2O2/c1-21-17-24(29)5-8-27(21)34-26-11-13-31(14-12-26)19-23-9-15-32(16-10-23)28(2,20-33)18-22-3-6-25(30)7-4-22/h3-8,17,20,23,26H,9-16,18-19H2,1-2H3/t28-/m0/s1. The van der Waals surface area contributed by atoms with E-state index in [1.54, 1.807) is 12.1 Å². The molecule has 2 aromatic carbocycles. The minimum Gasteiger partial charge on any atom is -0.490 e. The average Bonchev–Trinajstić information content (AvgIpc) is 2.84. The first-order chi connectivity index (χ1) is 16.3. The number of piperidine rings is 2. The lowest BCUT2D eigenvalue weighted by atomic mass is 9.87. The maximum absolute atomic E-state index is 13.2. The highest BCUT2D eigenvalue weighted by Gasteiger charge is 2.35. The van der Waals surface area contributed by atoms with E-state index in [1.165, 1.54) is 12.1 Å². The third-order valence-corrected chi connectivity index (χ3v) is 7.78. The second kappa shape index (κ2) is 11.2. The molecular weight excluding hydrogens is 451 g/mol. The summed E-state index contributed by atoms with van der Waals surface area (Å²) >= 11 is 6.06. The Hall–Kier alpha value is -1.95. The summed E-state index contributed by atoms with van der Waals surface area (Å²) in [5, 5.41) is 0.745. The number of ether oxygens (including phenoxy) is 1. The first-order valence-electron chi connectivity index (χ1n) is 12.5. The van der Waals surface area contributed by atoms with Crippen LogP contribution in [0.5, 0.6) is 5.75 Å². The van der Waals surface area contributed by atoms with Crippen molar-refractivity contribution in [1.29, 1.82) is 0 Å². The van der Waals surface area contributed by atoms with Crippen LogP contribution in [-0.4, -0.2) is 60.5 Å². The first-order valence-corrected chi connectivity index (χ1v) is 12.8. The van der Waals surface area contributed by atoms with Crippen LogP contribution in [-0.2, 0) is 11.2 Å². The number of hydrogen-bond acceptors (Lipinski definition) is 4. The van der Waals surface area contributed by atoms with Gasteiger partial charge in [0.05, 0.1) is 5.54 Å². The maximum Gasteiger partial charge on any atom is 0.140 e. The van der Waals surface area contributed by atoms with Crippen molar-refractivity contribution in [3.8, 4) is 5.75 Å². The fraction of sp³-hybridized carbons (Fsp3) is 0.536. The summed E-state index contributed by atoms with van der Waals surface area (Å²) in [6.45, 7) is 9.15. The monoisotopic (exact) mass is 486 g/mol. The zero-order chi connectivity index (χ0) is 24.1. The van der Waals surface area contributed by atoms with Gasteiger partial charge in [-0.2, -0.15) is 0 Å². The molecule has 2 fully saturated rings. The van der Waals surface area contributed by atoms with Gasteiger partial charge in [0.1, 0.15) is 24.0 Å². The minimum absolute atomic E-state index is 0.243. The van der Waals surface area contributed by atoms with Crippen molar-refractivity contribution in [1.82, 2.24) is 9.80 Å². The number of carbonyl (C=O) groups excluding carboxylic acids is 1. The molecule has 184 valence electrons. The molecule has 1 atom stereocenters. The van der Waals surface area contributed by atoms with Gasteiger partial charge >= 0.3 is 0 Å². The number of nitrogens with zero attached hydrogens (tertiary/aromatic N) is 2. The van der Waals surface area contributed by atoms with Crippen molar-refractivity contribution in [2.24, 2.45) is 5.92 Å². The summed E-state index contributed by atoms with van der Waals surface area (Å²) in [4.78, 5) is 16.9. The van der Waals surface area contributed by atoms with Crippen LogP contribution in [0.25, 0.3) is 0 Å². The molecule has 0 unspecified atom stereocenters. The molecule has 6 heteroatoms. The Bertz CT molecular complexity index is 953. The number of aryl methyl sites for hydroxylation is 1. The van der Waals surface area contributed by atoms with Gasteiger partial charge in [0.15, 0.2) is 0 Å². The second-order valence-electron chi connectivity index (χ2n) is 10.2. The van der Waals surface area contributed by atoms with E-state index in [-0.39, 0.29) is 11.9 Å². The fourth-order valence-electron chi connectivity index (χ4n) is 5.37. The van der Waals surface area contributed by atoms with Crippen molar-refractivity contribution in [3.05, 3.63) is 64.4 Å². The molecule has 4 rings (SSSR count). The van der Waals surface area contributed by atoms with E-state index in [2.05, 4.69) is 9.80 Å². The predicted octanol–water partition coefficient (Wildman–Crippen LogP) is 5.54. The molecule has 4 nitrogen and oxygen atoms in total. The van der Waals surface area contributed by atoms with Crippen molar-refractivity contribution < 1.29 is 13.9 Å². The summed E-state index contributed by atoms with van der Waals surface area (Å²) in [5.41, 5.74) is 1.54. The van der Waals surface area contributed by atoms with Crippen molar-refractivity contribution in [2.75, 3.05) is 32.7 Å². The van der Waals surface area contributed by atoms with Gasteiger partial charge in [-0.3, -0.25) is 4.90 Å². The van der Waals surface area contributed by atoms with Gasteiger partial charge in [-0.15, -0.1) is 0 Å². The second-order valence-corrected chi connectivity index (χ2v) is 10.7. The molecule has 0 aliphatic carbocycles. The van der Waals surface area contributed by atoms with Gasteiger partial charge in [-0.25, -0.2) is 4.39 Å².